The van der Waals surface area contributed by atoms with Crippen LogP contribution in [0.15, 0.2) is 60.3 Å². The highest BCUT2D eigenvalue weighted by atomic mass is 32.1. The second kappa shape index (κ2) is 6.84. The van der Waals surface area contributed by atoms with Gasteiger partial charge in [-0.25, -0.2) is 14.1 Å². The molecule has 1 fully saturated rings. The Bertz CT molecular complexity index is 1290. The van der Waals surface area contributed by atoms with Gasteiger partial charge < -0.3 is 5.11 Å². The van der Waals surface area contributed by atoms with Crippen LogP contribution in [-0.4, -0.2) is 19.9 Å². The first kappa shape index (κ1) is 18.9. The topological polar surface area (TPSA) is 50.9 Å². The van der Waals surface area contributed by atoms with Crippen LogP contribution in [0.25, 0.3) is 22.0 Å². The summed E-state index contributed by atoms with van der Waals surface area (Å²) in [4.78, 5) is 4.72. The first-order chi connectivity index (χ1) is 15.0. The Labute approximate surface area is 183 Å². The molecule has 0 amide bonds. The van der Waals surface area contributed by atoms with E-state index in [1.165, 1.54) is 23.3 Å². The molecule has 2 aliphatic carbocycles. The number of hydrogen-bond acceptors (Lipinski definition) is 4. The normalized spacial score (nSPS) is 23.5. The summed E-state index contributed by atoms with van der Waals surface area (Å²) in [5.74, 6) is -0.139. The Kier molecular flexibility index (Phi) is 4.17. The van der Waals surface area contributed by atoms with E-state index in [9.17, 15) is 9.50 Å². The number of aliphatic hydroxyl groups excluding tert-OH is 1. The van der Waals surface area contributed by atoms with Gasteiger partial charge in [0.2, 0.25) is 0 Å². The van der Waals surface area contributed by atoms with Crippen molar-refractivity contribution in [1.29, 1.82) is 0 Å². The fourth-order valence-electron chi connectivity index (χ4n) is 5.36. The molecule has 2 aromatic carbocycles. The maximum Gasteiger partial charge on any atom is 0.123 e. The van der Waals surface area contributed by atoms with Crippen LogP contribution in [0.2, 0.25) is 0 Å². The number of para-hydroxylation sites is 1. The van der Waals surface area contributed by atoms with Gasteiger partial charge in [0.15, 0.2) is 0 Å². The lowest BCUT2D eigenvalue weighted by atomic mass is 9.68. The minimum Gasteiger partial charge on any atom is -0.386 e. The molecule has 4 aromatic rings. The summed E-state index contributed by atoms with van der Waals surface area (Å²) < 4.78 is 16.4. The van der Waals surface area contributed by atoms with Gasteiger partial charge in [-0.3, -0.25) is 0 Å². The van der Waals surface area contributed by atoms with Gasteiger partial charge in [-0.2, -0.15) is 5.10 Å². The summed E-state index contributed by atoms with van der Waals surface area (Å²) in [5.41, 5.74) is 5.27. The van der Waals surface area contributed by atoms with E-state index in [-0.39, 0.29) is 17.2 Å². The molecule has 0 radical (unpaired) electrons. The zero-order chi connectivity index (χ0) is 21.2. The third kappa shape index (κ3) is 2.89. The maximum atomic E-state index is 13.4. The summed E-state index contributed by atoms with van der Waals surface area (Å²) in [5, 5.41) is 16.7. The predicted octanol–water partition coefficient (Wildman–Crippen LogP) is 5.71. The largest absolute Gasteiger partial charge is 0.386 e. The second-order valence-electron chi connectivity index (χ2n) is 8.82. The molecule has 1 saturated carbocycles. The number of thiazole rings is 1. The van der Waals surface area contributed by atoms with Crippen molar-refractivity contribution in [3.05, 3.63) is 82.4 Å². The SMILES string of the molecule is C[C@]12Cc3cnn(-c4ccc(F)cc4)c3C=C1CC[C@@H]2[C@@H](O)c1nc2ccccc2s1. The summed E-state index contributed by atoms with van der Waals surface area (Å²) in [6.45, 7) is 2.27. The van der Waals surface area contributed by atoms with E-state index in [0.29, 0.717) is 0 Å². The lowest BCUT2D eigenvalue weighted by Crippen LogP contribution is -2.32. The number of aromatic nitrogens is 3. The Hall–Kier alpha value is -2.83. The van der Waals surface area contributed by atoms with Crippen molar-refractivity contribution >= 4 is 27.6 Å². The van der Waals surface area contributed by atoms with Crippen molar-refractivity contribution in [2.75, 3.05) is 0 Å². The molecule has 0 spiro atoms. The number of nitrogens with zero attached hydrogens (tertiary/aromatic N) is 3. The average Bonchev–Trinajstić information content (AvgIpc) is 3.46. The molecule has 4 nitrogen and oxygen atoms in total. The van der Waals surface area contributed by atoms with E-state index in [1.807, 2.05) is 29.1 Å². The van der Waals surface area contributed by atoms with Crippen molar-refractivity contribution in [3.8, 4) is 5.69 Å². The first-order valence-corrected chi connectivity index (χ1v) is 11.4. The molecule has 2 aliphatic rings. The summed E-state index contributed by atoms with van der Waals surface area (Å²) in [6, 6.07) is 14.5. The fraction of sp³-hybridized carbons (Fsp3) is 0.280. The van der Waals surface area contributed by atoms with Gasteiger partial charge in [-0.05, 0) is 72.7 Å². The number of hydrogen-bond donors (Lipinski definition) is 1. The molecule has 2 aromatic heterocycles. The summed E-state index contributed by atoms with van der Waals surface area (Å²) >= 11 is 1.59. The van der Waals surface area contributed by atoms with Crippen LogP contribution in [-0.2, 0) is 6.42 Å². The highest BCUT2D eigenvalue weighted by Gasteiger charge is 2.49. The Balaban J connectivity index is 1.35. The van der Waals surface area contributed by atoms with E-state index in [0.717, 1.165) is 45.9 Å². The van der Waals surface area contributed by atoms with Crippen LogP contribution >= 0.6 is 11.3 Å². The number of halogens is 1. The third-order valence-electron chi connectivity index (χ3n) is 7.05. The van der Waals surface area contributed by atoms with E-state index in [4.69, 9.17) is 4.98 Å². The van der Waals surface area contributed by atoms with Crippen molar-refractivity contribution < 1.29 is 9.50 Å². The van der Waals surface area contributed by atoms with Crippen molar-refractivity contribution in [1.82, 2.24) is 14.8 Å². The average molecular weight is 432 g/mol. The number of allylic oxidation sites excluding steroid dienone is 1. The van der Waals surface area contributed by atoms with Gasteiger partial charge in [-0.15, -0.1) is 11.3 Å². The predicted molar refractivity (Wildman–Crippen MR) is 121 cm³/mol. The van der Waals surface area contributed by atoms with Gasteiger partial charge in [0.05, 0.1) is 27.8 Å². The Morgan fingerprint density at radius 1 is 1.19 bits per heavy atom. The van der Waals surface area contributed by atoms with Gasteiger partial charge >= 0.3 is 0 Å². The van der Waals surface area contributed by atoms with E-state index in [2.05, 4.69) is 24.2 Å². The van der Waals surface area contributed by atoms with E-state index in [1.54, 1.807) is 23.5 Å². The standard InChI is InChI=1S/C25H22FN3OS/c1-25-13-15-14-27-29(18-9-7-17(26)8-10-18)21(15)12-16(25)6-11-19(25)23(30)24-28-20-4-2-3-5-22(20)31-24/h2-5,7-10,12,14,19,23,30H,6,11,13H2,1H3/t19-,23-,25+/m1/s1. The van der Waals surface area contributed by atoms with Crippen LogP contribution in [0.5, 0.6) is 0 Å². The molecule has 0 bridgehead atoms. The van der Waals surface area contributed by atoms with Gasteiger partial charge in [-0.1, -0.05) is 24.6 Å². The van der Waals surface area contributed by atoms with Gasteiger partial charge in [0, 0.05) is 5.92 Å². The van der Waals surface area contributed by atoms with Crippen LogP contribution < -0.4 is 0 Å². The fourth-order valence-corrected chi connectivity index (χ4v) is 6.38. The van der Waals surface area contributed by atoms with E-state index >= 15 is 0 Å². The monoisotopic (exact) mass is 431 g/mol. The number of aliphatic hydroxyl groups is 1. The summed E-state index contributed by atoms with van der Waals surface area (Å²) in [6.07, 6.45) is 6.30. The first-order valence-electron chi connectivity index (χ1n) is 10.6. The Morgan fingerprint density at radius 2 is 2.00 bits per heavy atom. The Morgan fingerprint density at radius 3 is 2.81 bits per heavy atom. The van der Waals surface area contributed by atoms with Crippen LogP contribution in [0.1, 0.15) is 42.1 Å². The van der Waals surface area contributed by atoms with Gasteiger partial charge in [0.1, 0.15) is 16.9 Å². The molecular weight excluding hydrogens is 409 g/mol. The number of rotatable bonds is 3. The lowest BCUT2D eigenvalue weighted by Gasteiger charge is -2.37. The van der Waals surface area contributed by atoms with Crippen molar-refractivity contribution in [2.24, 2.45) is 11.3 Å². The van der Waals surface area contributed by atoms with Crippen molar-refractivity contribution in [2.45, 2.75) is 32.3 Å². The molecule has 0 unspecified atom stereocenters. The molecule has 1 N–H and O–H groups in total. The molecule has 2 heterocycles. The lowest BCUT2D eigenvalue weighted by molar-refractivity contribution is 0.0555. The molecule has 0 saturated heterocycles. The summed E-state index contributed by atoms with van der Waals surface area (Å²) in [7, 11) is 0. The number of fused-ring (bicyclic) bond motifs is 3. The van der Waals surface area contributed by atoms with Crippen molar-refractivity contribution in [3.63, 3.8) is 0 Å². The minimum atomic E-state index is -0.581. The maximum absolute atomic E-state index is 13.4. The molecule has 6 rings (SSSR count). The molecule has 3 atom stereocenters. The number of benzene rings is 2. The zero-order valence-electron chi connectivity index (χ0n) is 17.1. The highest BCUT2D eigenvalue weighted by Crippen LogP contribution is 2.57. The van der Waals surface area contributed by atoms with Crippen LogP contribution in [0.4, 0.5) is 4.39 Å². The van der Waals surface area contributed by atoms with Crippen LogP contribution in [0, 0.1) is 17.2 Å². The molecule has 31 heavy (non-hydrogen) atoms. The van der Waals surface area contributed by atoms with E-state index < -0.39 is 6.10 Å². The zero-order valence-corrected chi connectivity index (χ0v) is 17.9. The molecule has 6 heteroatoms. The molecule has 0 aliphatic heterocycles. The molecular formula is C25H22FN3OS. The smallest absolute Gasteiger partial charge is 0.123 e. The van der Waals surface area contributed by atoms with Gasteiger partial charge in [0.25, 0.3) is 0 Å². The highest BCUT2D eigenvalue weighted by molar-refractivity contribution is 7.18. The molecule has 156 valence electrons. The quantitative estimate of drug-likeness (QED) is 0.452. The third-order valence-corrected chi connectivity index (χ3v) is 8.15. The van der Waals surface area contributed by atoms with Crippen LogP contribution in [0.3, 0.4) is 0 Å². The minimum absolute atomic E-state index is 0.113. The second-order valence-corrected chi connectivity index (χ2v) is 9.88.